The molecular weight excluding hydrogens is 611 g/mol. The topological polar surface area (TPSA) is 129 Å². The molecule has 2 N–H and O–H groups in total. The van der Waals surface area contributed by atoms with Crippen LogP contribution >= 0.6 is 37.2 Å². The highest BCUT2D eigenvalue weighted by Crippen LogP contribution is 2.29. The molecule has 5 rings (SSSR count). The lowest BCUT2D eigenvalue weighted by molar-refractivity contribution is 0.0699. The molecule has 3 heterocycles. The zero-order chi connectivity index (χ0) is 27.0. The predicted molar refractivity (Wildman–Crippen MR) is 168 cm³/mol. The second kappa shape index (κ2) is 13.5. The first-order valence-electron chi connectivity index (χ1n) is 12.2. The van der Waals surface area contributed by atoms with E-state index in [4.69, 9.17) is 4.98 Å². The van der Waals surface area contributed by atoms with Crippen molar-refractivity contribution in [2.45, 2.75) is 25.7 Å². The number of rotatable bonds is 6. The van der Waals surface area contributed by atoms with Crippen molar-refractivity contribution in [1.29, 1.82) is 0 Å². The number of carboxylic acid groups (broad SMARTS) is 1. The number of carbonyl (C=O) groups is 1. The molecule has 1 aliphatic heterocycles. The van der Waals surface area contributed by atoms with Gasteiger partial charge >= 0.3 is 5.97 Å². The third-order valence-electron chi connectivity index (χ3n) is 6.59. The highest BCUT2D eigenvalue weighted by Gasteiger charge is 2.24. The minimum Gasteiger partial charge on any atom is -0.478 e. The number of halogens is 3. The fraction of sp³-hybridized carbons (Fsp3) is 0.259. The van der Waals surface area contributed by atoms with Crippen LogP contribution in [0.5, 0.6) is 0 Å². The molecule has 0 bridgehead atoms. The Morgan fingerprint density at radius 1 is 0.878 bits per heavy atom. The number of hydrogen-bond donors (Lipinski definition) is 2. The van der Waals surface area contributed by atoms with Crippen LogP contribution in [0.15, 0.2) is 59.8 Å². The van der Waals surface area contributed by atoms with Crippen molar-refractivity contribution in [3.05, 3.63) is 77.1 Å². The number of hydrogen-bond acceptors (Lipinski definition) is 8. The van der Waals surface area contributed by atoms with Gasteiger partial charge in [0.15, 0.2) is 0 Å². The number of nitrogens with zero attached hydrogens (tertiary/aromatic N) is 5. The second-order valence-electron chi connectivity index (χ2n) is 9.42. The van der Waals surface area contributed by atoms with Crippen LogP contribution in [0.25, 0.3) is 10.9 Å². The van der Waals surface area contributed by atoms with E-state index in [1.54, 1.807) is 50.5 Å². The van der Waals surface area contributed by atoms with Gasteiger partial charge in [0.25, 0.3) is 10.0 Å². The van der Waals surface area contributed by atoms with E-state index in [9.17, 15) is 18.3 Å². The number of aryl methyl sites for hydroxylation is 3. The Labute approximate surface area is 257 Å². The zero-order valence-corrected chi connectivity index (χ0v) is 25.8. The molecule has 10 nitrogen and oxygen atoms in total. The molecule has 2 aromatic carbocycles. The number of carboxylic acids is 1. The van der Waals surface area contributed by atoms with Crippen molar-refractivity contribution in [3.8, 4) is 0 Å². The number of piperazine rings is 1. The average Bonchev–Trinajstić information content (AvgIpc) is 2.87. The lowest BCUT2D eigenvalue weighted by atomic mass is 10.1. The molecule has 0 radical (unpaired) electrons. The van der Waals surface area contributed by atoms with Crippen LogP contribution in [0.2, 0.25) is 0 Å². The average molecular weight is 642 g/mol. The fourth-order valence-electron chi connectivity index (χ4n) is 5.00. The van der Waals surface area contributed by atoms with Gasteiger partial charge in [0.2, 0.25) is 5.95 Å². The number of aromatic nitrogens is 3. The van der Waals surface area contributed by atoms with Gasteiger partial charge in [-0.15, -0.1) is 37.2 Å². The van der Waals surface area contributed by atoms with Crippen molar-refractivity contribution >= 4 is 81.6 Å². The highest BCUT2D eigenvalue weighted by atomic mass is 35.5. The van der Waals surface area contributed by atoms with Gasteiger partial charge in [-0.1, -0.05) is 17.7 Å². The number of benzene rings is 2. The van der Waals surface area contributed by atoms with Gasteiger partial charge in [-0.3, -0.25) is 4.72 Å². The van der Waals surface area contributed by atoms with Crippen LogP contribution in [0.1, 0.15) is 27.0 Å². The predicted octanol–water partition coefficient (Wildman–Crippen LogP) is 5.04. The maximum atomic E-state index is 13.2. The van der Waals surface area contributed by atoms with Gasteiger partial charge in [-0.05, 0) is 62.2 Å². The SMILES string of the molecule is Cc1cc(C)c(S(=O)(=O)Nc2ccc3nc(N4CCN(c5ncccn5)CC4)cc(C(=O)O)c3c2)c(C)c1.Cl.Cl.Cl. The molecular formula is C27H31Cl3N6O4S. The molecule has 0 aliphatic carbocycles. The van der Waals surface area contributed by atoms with Crippen LogP contribution in [0, 0.1) is 20.8 Å². The van der Waals surface area contributed by atoms with E-state index >= 15 is 0 Å². The summed E-state index contributed by atoms with van der Waals surface area (Å²) in [5, 5.41) is 10.3. The highest BCUT2D eigenvalue weighted by molar-refractivity contribution is 7.92. The summed E-state index contributed by atoms with van der Waals surface area (Å²) in [5.74, 6) is 0.110. The van der Waals surface area contributed by atoms with Gasteiger partial charge < -0.3 is 14.9 Å². The Morgan fingerprint density at radius 3 is 2.05 bits per heavy atom. The minimum atomic E-state index is -3.89. The monoisotopic (exact) mass is 640 g/mol. The molecule has 0 amide bonds. The van der Waals surface area contributed by atoms with Gasteiger partial charge in [0, 0.05) is 49.6 Å². The Hall–Kier alpha value is -3.38. The molecule has 2 aromatic heterocycles. The number of nitrogens with one attached hydrogen (secondary N) is 1. The summed E-state index contributed by atoms with van der Waals surface area (Å²) in [6.07, 6.45) is 3.41. The van der Waals surface area contributed by atoms with E-state index in [1.165, 1.54) is 6.07 Å². The number of fused-ring (bicyclic) bond motifs is 1. The normalized spacial score (nSPS) is 13.0. The van der Waals surface area contributed by atoms with Crippen molar-refractivity contribution in [2.24, 2.45) is 0 Å². The molecule has 0 unspecified atom stereocenters. The van der Waals surface area contributed by atoms with Crippen LogP contribution in [-0.4, -0.2) is 60.6 Å². The van der Waals surface area contributed by atoms with Crippen LogP contribution < -0.4 is 14.5 Å². The van der Waals surface area contributed by atoms with E-state index in [0.29, 0.717) is 60.0 Å². The molecule has 0 spiro atoms. The maximum absolute atomic E-state index is 13.2. The van der Waals surface area contributed by atoms with E-state index in [0.717, 1.165) is 5.56 Å². The molecule has 41 heavy (non-hydrogen) atoms. The minimum absolute atomic E-state index is 0. The lowest BCUT2D eigenvalue weighted by Gasteiger charge is -2.35. The first-order valence-corrected chi connectivity index (χ1v) is 13.7. The van der Waals surface area contributed by atoms with Crippen molar-refractivity contribution < 1.29 is 18.3 Å². The molecule has 1 aliphatic rings. The third kappa shape index (κ3) is 7.10. The van der Waals surface area contributed by atoms with E-state index in [2.05, 4.69) is 19.6 Å². The van der Waals surface area contributed by atoms with Gasteiger partial charge in [-0.25, -0.2) is 28.2 Å². The van der Waals surface area contributed by atoms with E-state index in [-0.39, 0.29) is 53.4 Å². The Bertz CT molecular complexity index is 1630. The van der Waals surface area contributed by atoms with Crippen LogP contribution in [0.3, 0.4) is 0 Å². The van der Waals surface area contributed by atoms with Crippen molar-refractivity contribution in [3.63, 3.8) is 0 Å². The number of aromatic carboxylic acids is 1. The summed E-state index contributed by atoms with van der Waals surface area (Å²) < 4.78 is 29.1. The smallest absolute Gasteiger partial charge is 0.336 e. The Kier molecular flexibility index (Phi) is 11.2. The molecule has 1 fully saturated rings. The number of sulfonamides is 1. The zero-order valence-electron chi connectivity index (χ0n) is 22.6. The summed E-state index contributed by atoms with van der Waals surface area (Å²) in [6, 6.07) is 11.7. The van der Waals surface area contributed by atoms with Gasteiger partial charge in [0.1, 0.15) is 5.82 Å². The molecule has 220 valence electrons. The fourth-order valence-corrected chi connectivity index (χ4v) is 6.51. The molecule has 0 saturated carbocycles. The molecule has 4 aromatic rings. The van der Waals surface area contributed by atoms with E-state index in [1.807, 2.05) is 24.0 Å². The quantitative estimate of drug-likeness (QED) is 0.298. The number of anilines is 3. The summed E-state index contributed by atoms with van der Waals surface area (Å²) in [4.78, 5) is 29.8. The molecule has 1 saturated heterocycles. The lowest BCUT2D eigenvalue weighted by Crippen LogP contribution is -2.47. The summed E-state index contributed by atoms with van der Waals surface area (Å²) >= 11 is 0. The Balaban J connectivity index is 0.00000196. The summed E-state index contributed by atoms with van der Waals surface area (Å²) in [5.41, 5.74) is 3.07. The molecule has 14 heteroatoms. The standard InChI is InChI=1S/C27H28N6O4S.3ClH/c1-17-13-18(2)25(19(3)14-17)38(36,37)31-20-5-6-23-21(15-20)22(26(34)35)16-24(30-23)32-9-11-33(12-10-32)27-28-7-4-8-29-27;;;/h4-8,13-16,31H,9-12H2,1-3H3,(H,34,35);3*1H. The van der Waals surface area contributed by atoms with Gasteiger partial charge in [0.05, 0.1) is 16.0 Å². The third-order valence-corrected chi connectivity index (χ3v) is 8.28. The first-order chi connectivity index (χ1) is 18.1. The second-order valence-corrected chi connectivity index (χ2v) is 11.0. The summed E-state index contributed by atoms with van der Waals surface area (Å²) in [6.45, 7) is 8.03. The van der Waals surface area contributed by atoms with Crippen LogP contribution in [-0.2, 0) is 10.0 Å². The van der Waals surface area contributed by atoms with Crippen LogP contribution in [0.4, 0.5) is 17.5 Å². The van der Waals surface area contributed by atoms with Crippen molar-refractivity contribution in [2.75, 3.05) is 40.7 Å². The van der Waals surface area contributed by atoms with Gasteiger partial charge in [-0.2, -0.15) is 0 Å². The maximum Gasteiger partial charge on any atom is 0.336 e. The summed E-state index contributed by atoms with van der Waals surface area (Å²) in [7, 11) is -3.89. The first kappa shape index (κ1) is 33.8. The Morgan fingerprint density at radius 2 is 1.46 bits per heavy atom. The molecule has 0 atom stereocenters. The van der Waals surface area contributed by atoms with Crippen molar-refractivity contribution in [1.82, 2.24) is 15.0 Å². The number of pyridine rings is 1. The largest absolute Gasteiger partial charge is 0.478 e. The van der Waals surface area contributed by atoms with E-state index < -0.39 is 16.0 Å².